The third kappa shape index (κ3) is 5.80. The van der Waals surface area contributed by atoms with E-state index in [1.807, 2.05) is 6.08 Å². The molecule has 4 aliphatic rings. The molecule has 2 aliphatic heterocycles. The first-order valence-corrected chi connectivity index (χ1v) is 18.0. The number of likely N-dealkylation sites (tertiary alicyclic amines) is 1. The van der Waals surface area contributed by atoms with Crippen LogP contribution in [0.5, 0.6) is 11.5 Å². The van der Waals surface area contributed by atoms with Gasteiger partial charge in [-0.2, -0.15) is 5.01 Å². The van der Waals surface area contributed by atoms with Gasteiger partial charge in [-0.1, -0.05) is 65.5 Å². The van der Waals surface area contributed by atoms with Gasteiger partial charge >= 0.3 is 5.97 Å². The van der Waals surface area contributed by atoms with Crippen LogP contribution in [0.15, 0.2) is 78.4 Å². The number of carbonyl (C=O) groups is 5. The molecular formula is C39H37Cl2N3O8. The fraction of sp³-hybridized carbons (Fsp3) is 0.359. The summed E-state index contributed by atoms with van der Waals surface area (Å²) in [7, 11) is 1.54. The molecule has 270 valence electrons. The number of aliphatic carboxylic acids is 1. The predicted molar refractivity (Wildman–Crippen MR) is 192 cm³/mol. The fourth-order valence-electron chi connectivity index (χ4n) is 8.89. The fourth-order valence-corrected chi connectivity index (χ4v) is 9.34. The summed E-state index contributed by atoms with van der Waals surface area (Å²) >= 11 is 12.7. The highest BCUT2D eigenvalue weighted by Gasteiger charge is 2.70. The molecule has 2 saturated heterocycles. The number of benzene rings is 3. The number of aromatic hydroxyl groups is 1. The number of methoxy groups -OCH3 is 1. The smallest absolute Gasteiger partial charge is 0.303 e. The second kappa shape index (κ2) is 13.9. The number of phenols is 1. The lowest BCUT2D eigenvalue weighted by Crippen LogP contribution is -2.53. The number of halogens is 2. The molecular weight excluding hydrogens is 709 g/mol. The minimum Gasteiger partial charge on any atom is -0.508 e. The Kier molecular flexibility index (Phi) is 9.52. The summed E-state index contributed by atoms with van der Waals surface area (Å²) in [6, 6.07) is 18.2. The van der Waals surface area contributed by atoms with Crippen LogP contribution in [0.1, 0.15) is 55.6 Å². The van der Waals surface area contributed by atoms with Gasteiger partial charge in [-0.25, -0.2) is 0 Å². The van der Waals surface area contributed by atoms with Gasteiger partial charge < -0.3 is 14.9 Å². The van der Waals surface area contributed by atoms with Gasteiger partial charge in [-0.15, -0.1) is 0 Å². The molecule has 3 aromatic rings. The van der Waals surface area contributed by atoms with E-state index in [4.69, 9.17) is 33.0 Å². The Morgan fingerprint density at radius 2 is 1.65 bits per heavy atom. The minimum atomic E-state index is -1.50. The molecule has 0 unspecified atom stereocenters. The van der Waals surface area contributed by atoms with Crippen molar-refractivity contribution in [2.45, 2.75) is 49.9 Å². The zero-order chi connectivity index (χ0) is 36.9. The molecule has 11 nitrogen and oxygen atoms in total. The number of amides is 4. The van der Waals surface area contributed by atoms with Crippen molar-refractivity contribution in [2.75, 3.05) is 19.1 Å². The average molecular weight is 747 g/mol. The van der Waals surface area contributed by atoms with Gasteiger partial charge in [-0.05, 0) is 85.2 Å². The zero-order valence-electron chi connectivity index (χ0n) is 28.3. The first kappa shape index (κ1) is 35.5. The molecule has 0 aromatic heterocycles. The summed E-state index contributed by atoms with van der Waals surface area (Å²) < 4.78 is 5.44. The number of rotatable bonds is 11. The second-order valence-corrected chi connectivity index (χ2v) is 14.7. The summed E-state index contributed by atoms with van der Waals surface area (Å²) in [5.41, 5.74) is 3.78. The molecule has 6 atom stereocenters. The number of ether oxygens (including phenoxy) is 1. The average Bonchev–Trinajstić information content (AvgIpc) is 3.50. The summed E-state index contributed by atoms with van der Waals surface area (Å²) in [4.78, 5) is 70.3. The number of carbonyl (C=O) groups excluding carboxylic acids is 4. The Morgan fingerprint density at radius 3 is 2.33 bits per heavy atom. The highest BCUT2D eigenvalue weighted by Crippen LogP contribution is 2.64. The van der Waals surface area contributed by atoms with E-state index in [1.54, 1.807) is 48.5 Å². The van der Waals surface area contributed by atoms with Crippen LogP contribution in [0.2, 0.25) is 10.0 Å². The lowest BCUT2D eigenvalue weighted by atomic mass is 9.49. The third-order valence-corrected chi connectivity index (χ3v) is 11.7. The van der Waals surface area contributed by atoms with Crippen LogP contribution in [-0.2, 0) is 29.4 Å². The van der Waals surface area contributed by atoms with Gasteiger partial charge in [0.15, 0.2) is 0 Å². The number of nitrogens with zero attached hydrogens (tertiary/aromatic N) is 2. The third-order valence-electron chi connectivity index (χ3n) is 11.2. The SMILES string of the molecule is COc1ccc([C@@]23C(=O)N(Nc4ccc(Cl)cc4Cl)C(=O)[C@@H]2C[C@@H]2C(=CC[C@@H]4C(=O)N(CCCCCC(=O)O)C(=O)[C@@H]42)[C@@H]3c2ccc(O)cc2)cc1. The monoisotopic (exact) mass is 745 g/mol. The van der Waals surface area contributed by atoms with Crippen LogP contribution in [0.3, 0.4) is 0 Å². The van der Waals surface area contributed by atoms with Gasteiger partial charge in [0.1, 0.15) is 11.5 Å². The van der Waals surface area contributed by atoms with E-state index in [1.165, 1.54) is 30.2 Å². The topological polar surface area (TPSA) is 154 Å². The number of allylic oxidation sites excluding steroid dienone is 2. The van der Waals surface area contributed by atoms with Gasteiger partial charge in [0.2, 0.25) is 11.8 Å². The molecule has 0 bridgehead atoms. The Labute approximate surface area is 310 Å². The number of anilines is 1. The maximum Gasteiger partial charge on any atom is 0.303 e. The van der Waals surface area contributed by atoms with E-state index in [-0.39, 0.29) is 48.4 Å². The van der Waals surface area contributed by atoms with Gasteiger partial charge in [0.05, 0.1) is 41.0 Å². The number of unbranched alkanes of at least 4 members (excludes halogenated alkanes) is 2. The highest BCUT2D eigenvalue weighted by molar-refractivity contribution is 6.36. The highest BCUT2D eigenvalue weighted by atomic mass is 35.5. The quantitative estimate of drug-likeness (QED) is 0.116. The predicted octanol–water partition coefficient (Wildman–Crippen LogP) is 6.34. The molecule has 13 heteroatoms. The largest absolute Gasteiger partial charge is 0.508 e. The van der Waals surface area contributed by atoms with Crippen molar-refractivity contribution in [2.24, 2.45) is 23.7 Å². The van der Waals surface area contributed by atoms with E-state index in [0.29, 0.717) is 46.8 Å². The van der Waals surface area contributed by atoms with Crippen molar-refractivity contribution in [3.63, 3.8) is 0 Å². The van der Waals surface area contributed by atoms with Crippen LogP contribution in [0.25, 0.3) is 0 Å². The van der Waals surface area contributed by atoms with Gasteiger partial charge in [0, 0.05) is 23.9 Å². The number of imide groups is 2. The van der Waals surface area contributed by atoms with E-state index >= 15 is 4.79 Å². The molecule has 0 spiro atoms. The molecule has 3 fully saturated rings. The van der Waals surface area contributed by atoms with Crippen molar-refractivity contribution in [1.82, 2.24) is 9.91 Å². The molecule has 7 rings (SSSR count). The molecule has 1 saturated carbocycles. The van der Waals surface area contributed by atoms with E-state index in [2.05, 4.69) is 5.43 Å². The van der Waals surface area contributed by atoms with Crippen LogP contribution in [-0.4, -0.2) is 63.4 Å². The second-order valence-electron chi connectivity index (χ2n) is 13.8. The van der Waals surface area contributed by atoms with E-state index < -0.39 is 52.8 Å². The Hall–Kier alpha value is -4.87. The van der Waals surface area contributed by atoms with E-state index in [9.17, 15) is 24.3 Å². The van der Waals surface area contributed by atoms with Crippen LogP contribution in [0.4, 0.5) is 5.69 Å². The number of carboxylic acids is 1. The molecule has 52 heavy (non-hydrogen) atoms. The number of nitrogens with one attached hydrogen (secondary N) is 1. The van der Waals surface area contributed by atoms with Crippen molar-refractivity contribution < 1.29 is 38.9 Å². The summed E-state index contributed by atoms with van der Waals surface area (Å²) in [5.74, 6) is -5.57. The first-order chi connectivity index (χ1) is 25.0. The Balaban J connectivity index is 1.34. The molecule has 0 radical (unpaired) electrons. The molecule has 2 heterocycles. The van der Waals surface area contributed by atoms with Crippen LogP contribution >= 0.6 is 23.2 Å². The summed E-state index contributed by atoms with van der Waals surface area (Å²) in [6.07, 6.45) is 3.86. The van der Waals surface area contributed by atoms with Crippen molar-refractivity contribution in [3.05, 3.63) is 99.6 Å². The maximum atomic E-state index is 15.2. The standard InChI is InChI=1S/C39H37Cl2N3O8/c1-52-25-13-8-22(9-14-25)39-29(36(49)44(38(39)51)42-31-17-10-23(40)19-30(31)41)20-28-26(34(39)21-6-11-24(45)12-7-21)15-16-27-33(28)37(50)43(35(27)48)18-4-2-3-5-32(46)47/h6-15,17,19,27-29,33-34,42,45H,2-5,16,18,20H2,1H3,(H,46,47)/t27-,28+,29-,33-,34-,39+/m0/s1. The number of hydrogen-bond donors (Lipinski definition) is 3. The number of phenolic OH excluding ortho intramolecular Hbond substituents is 1. The zero-order valence-corrected chi connectivity index (χ0v) is 29.8. The maximum absolute atomic E-state index is 15.2. The minimum absolute atomic E-state index is 0.0152. The van der Waals surface area contributed by atoms with Crippen LogP contribution < -0.4 is 10.2 Å². The van der Waals surface area contributed by atoms with Crippen molar-refractivity contribution in [1.29, 1.82) is 0 Å². The van der Waals surface area contributed by atoms with Gasteiger partial charge in [-0.3, -0.25) is 34.3 Å². The number of hydrogen-bond acceptors (Lipinski definition) is 8. The summed E-state index contributed by atoms with van der Waals surface area (Å²) in [5, 5.41) is 20.9. The van der Waals surface area contributed by atoms with Gasteiger partial charge in [0.25, 0.3) is 11.8 Å². The molecule has 3 aromatic carbocycles. The van der Waals surface area contributed by atoms with E-state index in [0.717, 1.165) is 10.6 Å². The number of carboxylic acid groups (broad SMARTS) is 1. The normalized spacial score (nSPS) is 26.5. The Bertz CT molecular complexity index is 1980. The molecule has 4 amide bonds. The number of hydrazine groups is 1. The number of fused-ring (bicyclic) bond motifs is 4. The van der Waals surface area contributed by atoms with Crippen molar-refractivity contribution in [3.8, 4) is 11.5 Å². The van der Waals surface area contributed by atoms with Crippen molar-refractivity contribution >= 4 is 58.5 Å². The van der Waals surface area contributed by atoms with Crippen LogP contribution in [0, 0.1) is 23.7 Å². The molecule has 2 aliphatic carbocycles. The molecule has 3 N–H and O–H groups in total. The lowest BCUT2D eigenvalue weighted by Gasteiger charge is -2.50. The Morgan fingerprint density at radius 1 is 0.923 bits per heavy atom. The lowest BCUT2D eigenvalue weighted by molar-refractivity contribution is -0.141. The first-order valence-electron chi connectivity index (χ1n) is 17.3. The summed E-state index contributed by atoms with van der Waals surface area (Å²) in [6.45, 7) is 0.184.